The average molecular weight is 235 g/mol. The van der Waals surface area contributed by atoms with Gasteiger partial charge in [-0.15, -0.1) is 11.3 Å². The maximum Gasteiger partial charge on any atom is 0.310 e. The van der Waals surface area contributed by atoms with E-state index in [0.717, 1.165) is 29.9 Å². The highest BCUT2D eigenvalue weighted by molar-refractivity contribution is 7.12. The topological polar surface area (TPSA) is 63.3 Å². The molecule has 1 N–H and O–H groups in total. The summed E-state index contributed by atoms with van der Waals surface area (Å²) in [5.41, 5.74) is 1.94. The Morgan fingerprint density at radius 1 is 1.56 bits per heavy atom. The zero-order chi connectivity index (χ0) is 11.1. The predicted octanol–water partition coefficient (Wildman–Crippen LogP) is 2.13. The second-order valence-electron chi connectivity index (χ2n) is 3.71. The van der Waals surface area contributed by atoms with Gasteiger partial charge < -0.3 is 9.52 Å². The van der Waals surface area contributed by atoms with E-state index < -0.39 is 5.97 Å². The third-order valence-corrected chi connectivity index (χ3v) is 3.74. The van der Waals surface area contributed by atoms with Crippen LogP contribution in [-0.4, -0.2) is 16.1 Å². The number of aryl methyl sites for hydroxylation is 2. The van der Waals surface area contributed by atoms with E-state index in [1.165, 1.54) is 16.2 Å². The maximum atomic E-state index is 10.6. The lowest BCUT2D eigenvalue weighted by Crippen LogP contribution is -2.00. The van der Waals surface area contributed by atoms with Crippen molar-refractivity contribution in [2.45, 2.75) is 19.3 Å². The summed E-state index contributed by atoms with van der Waals surface area (Å²) in [4.78, 5) is 16.2. The minimum Gasteiger partial charge on any atom is -0.481 e. The van der Waals surface area contributed by atoms with Gasteiger partial charge in [0.05, 0.1) is 18.4 Å². The molecule has 0 aliphatic heterocycles. The number of fused-ring (bicyclic) bond motifs is 3. The zero-order valence-electron chi connectivity index (χ0n) is 8.40. The van der Waals surface area contributed by atoms with Crippen LogP contribution in [0.25, 0.3) is 11.3 Å². The Morgan fingerprint density at radius 3 is 3.25 bits per heavy atom. The van der Waals surface area contributed by atoms with Crippen LogP contribution in [-0.2, 0) is 24.1 Å². The first-order valence-corrected chi connectivity index (χ1v) is 5.83. The maximum absolute atomic E-state index is 10.6. The number of furan rings is 1. The Bertz CT molecular complexity index is 555. The first-order valence-electron chi connectivity index (χ1n) is 5.01. The molecule has 0 fully saturated rings. The van der Waals surface area contributed by atoms with Crippen molar-refractivity contribution in [3.8, 4) is 11.3 Å². The quantitative estimate of drug-likeness (QED) is 0.866. The molecular weight excluding hydrogens is 226 g/mol. The lowest BCUT2D eigenvalue weighted by atomic mass is 10.0. The van der Waals surface area contributed by atoms with Gasteiger partial charge in [0.2, 0.25) is 0 Å². The van der Waals surface area contributed by atoms with Gasteiger partial charge in [0, 0.05) is 16.9 Å². The number of carboxylic acid groups (broad SMARTS) is 1. The number of carboxylic acids is 1. The van der Waals surface area contributed by atoms with Gasteiger partial charge in [-0.25, -0.2) is 4.98 Å². The summed E-state index contributed by atoms with van der Waals surface area (Å²) in [6.07, 6.45) is 3.44. The summed E-state index contributed by atoms with van der Waals surface area (Å²) in [5.74, 6) is 0.123. The summed E-state index contributed by atoms with van der Waals surface area (Å²) >= 11 is 1.50. The molecule has 0 saturated carbocycles. The zero-order valence-corrected chi connectivity index (χ0v) is 9.21. The first-order chi connectivity index (χ1) is 7.74. The summed E-state index contributed by atoms with van der Waals surface area (Å²) < 4.78 is 5.35. The van der Waals surface area contributed by atoms with Crippen LogP contribution in [0.5, 0.6) is 0 Å². The van der Waals surface area contributed by atoms with Gasteiger partial charge in [-0.05, 0) is 12.5 Å². The first kappa shape index (κ1) is 9.59. The molecule has 0 atom stereocenters. The van der Waals surface area contributed by atoms with E-state index in [4.69, 9.17) is 9.52 Å². The van der Waals surface area contributed by atoms with Crippen LogP contribution in [0.2, 0.25) is 0 Å². The van der Waals surface area contributed by atoms with Crippen molar-refractivity contribution in [2.24, 2.45) is 0 Å². The van der Waals surface area contributed by atoms with Gasteiger partial charge in [-0.3, -0.25) is 4.79 Å². The molecule has 2 aromatic rings. The van der Waals surface area contributed by atoms with E-state index in [1.807, 2.05) is 6.07 Å². The van der Waals surface area contributed by atoms with Crippen molar-refractivity contribution >= 4 is 17.3 Å². The van der Waals surface area contributed by atoms with Crippen LogP contribution in [0.4, 0.5) is 0 Å². The fraction of sp³-hybridized carbons (Fsp3) is 0.273. The monoisotopic (exact) mass is 235 g/mol. The molecule has 0 radical (unpaired) electrons. The van der Waals surface area contributed by atoms with Crippen LogP contribution in [0.15, 0.2) is 16.7 Å². The highest BCUT2D eigenvalue weighted by Gasteiger charge is 2.23. The van der Waals surface area contributed by atoms with Gasteiger partial charge in [-0.2, -0.15) is 0 Å². The number of thiazole rings is 1. The van der Waals surface area contributed by atoms with Crippen molar-refractivity contribution in [1.29, 1.82) is 0 Å². The van der Waals surface area contributed by atoms with Crippen molar-refractivity contribution in [1.82, 2.24) is 4.98 Å². The molecule has 2 heterocycles. The fourth-order valence-corrected chi connectivity index (χ4v) is 3.03. The predicted molar refractivity (Wildman–Crippen MR) is 58.6 cm³/mol. The Balaban J connectivity index is 2.05. The fourth-order valence-electron chi connectivity index (χ4n) is 1.96. The van der Waals surface area contributed by atoms with E-state index in [9.17, 15) is 4.79 Å². The van der Waals surface area contributed by atoms with Gasteiger partial charge >= 0.3 is 5.97 Å². The molecule has 0 spiro atoms. The standard InChI is InChI=1S/C11H9NO3S/c13-10(14)5-9-12-11-6-3-4-15-7(6)1-2-8(11)16-9/h3-4H,1-2,5H2,(H,13,14). The molecule has 4 nitrogen and oxygen atoms in total. The van der Waals surface area contributed by atoms with E-state index in [2.05, 4.69) is 4.98 Å². The molecule has 3 rings (SSSR count). The lowest BCUT2D eigenvalue weighted by Gasteiger charge is -2.07. The Labute approximate surface area is 95.6 Å². The van der Waals surface area contributed by atoms with E-state index in [-0.39, 0.29) is 6.42 Å². The minimum absolute atomic E-state index is 0.00481. The molecule has 0 bridgehead atoms. The molecule has 0 unspecified atom stereocenters. The number of hydrogen-bond donors (Lipinski definition) is 1. The minimum atomic E-state index is -0.835. The third-order valence-electron chi connectivity index (χ3n) is 2.62. The Morgan fingerprint density at radius 2 is 2.44 bits per heavy atom. The van der Waals surface area contributed by atoms with Crippen LogP contribution in [0.3, 0.4) is 0 Å². The van der Waals surface area contributed by atoms with E-state index >= 15 is 0 Å². The summed E-state index contributed by atoms with van der Waals surface area (Å²) in [6, 6.07) is 1.90. The van der Waals surface area contributed by atoms with E-state index in [1.54, 1.807) is 6.26 Å². The smallest absolute Gasteiger partial charge is 0.310 e. The summed E-state index contributed by atoms with van der Waals surface area (Å²) in [7, 11) is 0. The highest BCUT2D eigenvalue weighted by Crippen LogP contribution is 2.36. The summed E-state index contributed by atoms with van der Waals surface area (Å²) in [5, 5.41) is 9.40. The summed E-state index contributed by atoms with van der Waals surface area (Å²) in [6.45, 7) is 0. The highest BCUT2D eigenvalue weighted by atomic mass is 32.1. The van der Waals surface area contributed by atoms with Crippen molar-refractivity contribution in [3.63, 3.8) is 0 Å². The van der Waals surface area contributed by atoms with Crippen molar-refractivity contribution < 1.29 is 14.3 Å². The molecule has 0 amide bonds. The second kappa shape index (κ2) is 3.45. The largest absolute Gasteiger partial charge is 0.481 e. The molecule has 0 aromatic carbocycles. The number of hydrogen-bond acceptors (Lipinski definition) is 4. The van der Waals surface area contributed by atoms with Crippen molar-refractivity contribution in [2.75, 3.05) is 0 Å². The molecule has 1 aliphatic rings. The molecule has 0 saturated heterocycles. The second-order valence-corrected chi connectivity index (χ2v) is 4.88. The SMILES string of the molecule is O=C(O)Cc1nc2c(s1)CCc1occc1-2. The average Bonchev–Trinajstić information content (AvgIpc) is 2.78. The van der Waals surface area contributed by atoms with Crippen LogP contribution in [0.1, 0.15) is 15.6 Å². The Hall–Kier alpha value is -1.62. The molecular formula is C11H9NO3S. The number of nitrogens with zero attached hydrogens (tertiary/aromatic N) is 1. The molecule has 82 valence electrons. The number of aromatic nitrogens is 1. The molecule has 2 aromatic heterocycles. The van der Waals surface area contributed by atoms with Gasteiger partial charge in [0.25, 0.3) is 0 Å². The molecule has 1 aliphatic carbocycles. The van der Waals surface area contributed by atoms with Crippen molar-refractivity contribution in [3.05, 3.63) is 28.0 Å². The third kappa shape index (κ3) is 1.44. The normalized spacial score (nSPS) is 13.2. The van der Waals surface area contributed by atoms with E-state index in [0.29, 0.717) is 5.01 Å². The number of rotatable bonds is 2. The molecule has 5 heteroatoms. The Kier molecular flexibility index (Phi) is 2.07. The van der Waals surface area contributed by atoms with Gasteiger partial charge in [0.15, 0.2) is 0 Å². The van der Waals surface area contributed by atoms with Crippen LogP contribution < -0.4 is 0 Å². The van der Waals surface area contributed by atoms with Crippen LogP contribution in [0, 0.1) is 0 Å². The number of aliphatic carboxylic acids is 1. The van der Waals surface area contributed by atoms with Crippen LogP contribution >= 0.6 is 11.3 Å². The number of carbonyl (C=O) groups is 1. The van der Waals surface area contributed by atoms with Gasteiger partial charge in [0.1, 0.15) is 10.8 Å². The molecule has 16 heavy (non-hydrogen) atoms. The lowest BCUT2D eigenvalue weighted by molar-refractivity contribution is -0.136. The van der Waals surface area contributed by atoms with Gasteiger partial charge in [-0.1, -0.05) is 0 Å².